The molecular weight excluding hydrogens is 596 g/mol. The summed E-state index contributed by atoms with van der Waals surface area (Å²) in [4.78, 5) is 50.6. The lowest BCUT2D eigenvalue weighted by atomic mass is 10.1. The molecular formula is C31H40N8O7. The Labute approximate surface area is 267 Å². The quantitative estimate of drug-likeness (QED) is 0.480. The van der Waals surface area contributed by atoms with E-state index in [9.17, 15) is 14.4 Å². The Bertz CT molecular complexity index is 1370. The fourth-order valence-electron chi connectivity index (χ4n) is 6.63. The molecule has 0 saturated carbocycles. The van der Waals surface area contributed by atoms with E-state index in [2.05, 4.69) is 20.4 Å². The van der Waals surface area contributed by atoms with Crippen molar-refractivity contribution in [2.45, 2.75) is 25.4 Å². The number of amides is 6. The maximum Gasteiger partial charge on any atom is 0.323 e. The largest absolute Gasteiger partial charge is 0.454 e. The van der Waals surface area contributed by atoms with Crippen LogP contribution in [0.15, 0.2) is 36.4 Å². The van der Waals surface area contributed by atoms with Crippen LogP contribution in [-0.4, -0.2) is 140 Å². The Morgan fingerprint density at radius 2 is 1.07 bits per heavy atom. The van der Waals surface area contributed by atoms with E-state index >= 15 is 0 Å². The summed E-state index contributed by atoms with van der Waals surface area (Å²) in [5.74, 6) is 3.10. The van der Waals surface area contributed by atoms with Gasteiger partial charge >= 0.3 is 18.1 Å². The zero-order valence-corrected chi connectivity index (χ0v) is 26.1. The summed E-state index contributed by atoms with van der Waals surface area (Å²) in [5.41, 5.74) is 2.12. The zero-order valence-electron chi connectivity index (χ0n) is 26.1. The van der Waals surface area contributed by atoms with Gasteiger partial charge in [-0.05, 0) is 12.1 Å². The van der Waals surface area contributed by atoms with Gasteiger partial charge in [-0.2, -0.15) is 0 Å². The molecule has 46 heavy (non-hydrogen) atoms. The van der Waals surface area contributed by atoms with Crippen LogP contribution in [0.5, 0.6) is 23.0 Å². The molecule has 2 atom stereocenters. The normalized spacial score (nSPS) is 22.9. The van der Waals surface area contributed by atoms with Crippen LogP contribution in [0.4, 0.5) is 14.4 Å². The van der Waals surface area contributed by atoms with E-state index in [0.29, 0.717) is 65.4 Å². The Balaban J connectivity index is 0.904. The minimum atomic E-state index is -0.722. The summed E-state index contributed by atoms with van der Waals surface area (Å²) < 4.78 is 22.3. The highest BCUT2D eigenvalue weighted by molar-refractivity contribution is 5.82. The van der Waals surface area contributed by atoms with E-state index in [4.69, 9.17) is 18.9 Å². The summed E-state index contributed by atoms with van der Waals surface area (Å²) in [7, 11) is 3.26. The number of ether oxygens (including phenoxy) is 4. The summed E-state index contributed by atoms with van der Waals surface area (Å²) in [5, 5.41) is 6.01. The highest BCUT2D eigenvalue weighted by Crippen LogP contribution is 2.37. The van der Waals surface area contributed by atoms with Crippen molar-refractivity contribution in [1.82, 2.24) is 40.0 Å². The lowest BCUT2D eigenvalue weighted by molar-refractivity contribution is 0.116. The monoisotopic (exact) mass is 636 g/mol. The number of nitrogens with one attached hydrogen (secondary N) is 2. The number of hydrogen-bond donors (Lipinski definition) is 2. The lowest BCUT2D eigenvalue weighted by Gasteiger charge is -2.37. The van der Waals surface area contributed by atoms with Gasteiger partial charge in [0.2, 0.25) is 13.6 Å². The van der Waals surface area contributed by atoms with Crippen LogP contribution in [0.1, 0.15) is 11.1 Å². The van der Waals surface area contributed by atoms with Gasteiger partial charge in [0.15, 0.2) is 23.0 Å². The highest BCUT2D eigenvalue weighted by atomic mass is 16.7. The van der Waals surface area contributed by atoms with E-state index in [1.807, 2.05) is 36.4 Å². The molecule has 0 aromatic heterocycles. The van der Waals surface area contributed by atoms with Crippen molar-refractivity contribution in [2.24, 2.45) is 0 Å². The minimum absolute atomic E-state index is 0.231. The molecule has 3 fully saturated rings. The first-order chi connectivity index (χ1) is 22.4. The number of fused-ring (bicyclic) bond motifs is 2. The van der Waals surface area contributed by atoms with Crippen LogP contribution in [0.25, 0.3) is 0 Å². The van der Waals surface area contributed by atoms with Crippen LogP contribution >= 0.6 is 0 Å². The smallest absolute Gasteiger partial charge is 0.323 e. The molecule has 15 nitrogen and oxygen atoms in total. The van der Waals surface area contributed by atoms with Crippen molar-refractivity contribution in [3.05, 3.63) is 47.5 Å². The highest BCUT2D eigenvalue weighted by Gasteiger charge is 2.45. The second kappa shape index (κ2) is 12.6. The summed E-state index contributed by atoms with van der Waals surface area (Å²) in [6, 6.07) is 11.0. The third-order valence-corrected chi connectivity index (χ3v) is 9.34. The van der Waals surface area contributed by atoms with Crippen molar-refractivity contribution >= 4 is 18.1 Å². The molecule has 5 aliphatic rings. The first-order valence-electron chi connectivity index (χ1n) is 15.7. The van der Waals surface area contributed by atoms with Crippen molar-refractivity contribution < 1.29 is 33.3 Å². The Morgan fingerprint density at radius 3 is 1.48 bits per heavy atom. The van der Waals surface area contributed by atoms with Crippen LogP contribution in [0.2, 0.25) is 0 Å². The summed E-state index contributed by atoms with van der Waals surface area (Å²) in [6.45, 7) is 6.76. The van der Waals surface area contributed by atoms with Gasteiger partial charge in [0.1, 0.15) is 12.3 Å². The Kier molecular flexibility index (Phi) is 8.25. The van der Waals surface area contributed by atoms with Crippen molar-refractivity contribution in [1.29, 1.82) is 0 Å². The van der Waals surface area contributed by atoms with Gasteiger partial charge in [-0.25, -0.2) is 14.4 Å². The van der Waals surface area contributed by atoms with Crippen molar-refractivity contribution in [3.63, 3.8) is 0 Å². The van der Waals surface area contributed by atoms with Gasteiger partial charge in [-0.3, -0.25) is 9.80 Å². The number of likely N-dealkylation sites (N-methyl/N-ethyl adjacent to an activating group) is 2. The number of piperazine rings is 2. The van der Waals surface area contributed by atoms with Crippen LogP contribution in [0.3, 0.4) is 0 Å². The van der Waals surface area contributed by atoms with Gasteiger partial charge < -0.3 is 49.2 Å². The van der Waals surface area contributed by atoms with Gasteiger partial charge in [0.05, 0.1) is 0 Å². The first kappa shape index (κ1) is 30.0. The molecule has 2 aromatic carbocycles. The molecule has 0 spiro atoms. The number of urea groups is 3. The standard InChI is InChI=1S/C31H40N8O7/c1-34-27(32-29(40)38-13-9-36(10-14-38)17-21-5-3-7-23-25(21)45-19-43-23)28(35(2)31(34)42)33-30(41)39-15-11-37(12-16-39)18-22-6-4-8-24-26(22)46-20-44-24/h3-8,27-28H,9-20H2,1-2H3,(H,32,40)(H,33,41). The maximum absolute atomic E-state index is 13.4. The Hall–Kier alpha value is -4.63. The lowest BCUT2D eigenvalue weighted by Crippen LogP contribution is -2.62. The molecule has 0 bridgehead atoms. The molecule has 2 unspecified atom stereocenters. The average Bonchev–Trinajstić information content (AvgIpc) is 3.80. The van der Waals surface area contributed by atoms with Crippen LogP contribution in [0, 0.1) is 0 Å². The second-order valence-electron chi connectivity index (χ2n) is 12.1. The molecule has 0 aliphatic carbocycles. The molecule has 2 aromatic rings. The molecule has 3 saturated heterocycles. The summed E-state index contributed by atoms with van der Waals surface area (Å²) >= 11 is 0. The number of nitrogens with zero attached hydrogens (tertiary/aromatic N) is 6. The topological polar surface area (TPSA) is 132 Å². The fourth-order valence-corrected chi connectivity index (χ4v) is 6.63. The van der Waals surface area contributed by atoms with Crippen molar-refractivity contribution in [3.8, 4) is 23.0 Å². The maximum atomic E-state index is 13.4. The molecule has 5 heterocycles. The third kappa shape index (κ3) is 5.87. The number of para-hydroxylation sites is 2. The number of benzene rings is 2. The summed E-state index contributed by atoms with van der Waals surface area (Å²) in [6.07, 6.45) is -1.44. The predicted octanol–water partition coefficient (Wildman–Crippen LogP) is 1.15. The third-order valence-electron chi connectivity index (χ3n) is 9.34. The molecule has 6 amide bonds. The van der Waals surface area contributed by atoms with E-state index in [1.54, 1.807) is 23.9 Å². The average molecular weight is 637 g/mol. The van der Waals surface area contributed by atoms with Crippen LogP contribution < -0.4 is 29.6 Å². The van der Waals surface area contributed by atoms with E-state index in [0.717, 1.165) is 34.1 Å². The second-order valence-corrected chi connectivity index (χ2v) is 12.1. The first-order valence-corrected chi connectivity index (χ1v) is 15.7. The number of carbonyl (C=O) groups excluding carboxylic acids is 3. The van der Waals surface area contributed by atoms with Crippen molar-refractivity contribution in [2.75, 3.05) is 80.0 Å². The molecule has 2 N–H and O–H groups in total. The Morgan fingerprint density at radius 1 is 0.652 bits per heavy atom. The van der Waals surface area contributed by atoms with Crippen LogP contribution in [-0.2, 0) is 13.1 Å². The number of hydrogen-bond acceptors (Lipinski definition) is 9. The van der Waals surface area contributed by atoms with E-state index in [-0.39, 0.29) is 31.7 Å². The molecule has 7 rings (SSSR count). The number of carbonyl (C=O) groups is 3. The fraction of sp³-hybridized carbons (Fsp3) is 0.516. The van der Waals surface area contributed by atoms with Gasteiger partial charge in [-0.1, -0.05) is 24.3 Å². The van der Waals surface area contributed by atoms with Gasteiger partial charge in [0.25, 0.3) is 0 Å². The van der Waals surface area contributed by atoms with Gasteiger partial charge in [0, 0.05) is 90.7 Å². The number of rotatable bonds is 6. The molecule has 5 aliphatic heterocycles. The van der Waals surface area contributed by atoms with E-state index < -0.39 is 12.3 Å². The van der Waals surface area contributed by atoms with Gasteiger partial charge in [-0.15, -0.1) is 0 Å². The molecule has 246 valence electrons. The van der Waals surface area contributed by atoms with E-state index in [1.165, 1.54) is 9.80 Å². The SMILES string of the molecule is CN1C(=O)N(C)C(NC(=O)N2CCN(Cc3cccc4c3OCO4)CC2)C1NC(=O)N1CCN(Cc2cccc3c2OCO3)CC1. The minimum Gasteiger partial charge on any atom is -0.454 e. The predicted molar refractivity (Wildman–Crippen MR) is 164 cm³/mol. The zero-order chi connectivity index (χ0) is 31.8. The molecule has 15 heteroatoms. The molecule has 0 radical (unpaired) electrons.